The van der Waals surface area contributed by atoms with Crippen LogP contribution in [-0.2, 0) is 0 Å². The van der Waals surface area contributed by atoms with Gasteiger partial charge in [-0.3, -0.25) is 4.79 Å². The molecule has 1 aromatic heterocycles. The molecule has 0 saturated carbocycles. The minimum Gasteiger partial charge on any atom is -0.497 e. The highest BCUT2D eigenvalue weighted by Crippen LogP contribution is 2.30. The molecule has 3 aromatic rings. The van der Waals surface area contributed by atoms with Gasteiger partial charge < -0.3 is 9.15 Å². The SMILES string of the molecule is COc1ccc2oc(C(=O)c3ccccc3F)c(C)c2c1. The van der Waals surface area contributed by atoms with E-state index in [1.165, 1.54) is 12.1 Å². The summed E-state index contributed by atoms with van der Waals surface area (Å²) in [5, 5.41) is 0.786. The average molecular weight is 284 g/mol. The van der Waals surface area contributed by atoms with E-state index >= 15 is 0 Å². The number of hydrogen-bond acceptors (Lipinski definition) is 3. The van der Waals surface area contributed by atoms with E-state index in [0.717, 1.165) is 5.39 Å². The van der Waals surface area contributed by atoms with Gasteiger partial charge in [-0.2, -0.15) is 0 Å². The standard InChI is InChI=1S/C17H13FO3/c1-10-13-9-11(20-2)7-8-15(13)21-17(10)16(19)12-5-3-4-6-14(12)18/h3-9H,1-2H3. The normalized spacial score (nSPS) is 10.8. The first-order valence-electron chi connectivity index (χ1n) is 6.48. The highest BCUT2D eigenvalue weighted by molar-refractivity contribution is 6.10. The van der Waals surface area contributed by atoms with E-state index < -0.39 is 11.6 Å². The number of halogens is 1. The van der Waals surface area contributed by atoms with E-state index in [0.29, 0.717) is 16.9 Å². The zero-order valence-corrected chi connectivity index (χ0v) is 11.6. The number of ether oxygens (including phenoxy) is 1. The zero-order chi connectivity index (χ0) is 15.0. The van der Waals surface area contributed by atoms with E-state index in [9.17, 15) is 9.18 Å². The number of ketones is 1. The summed E-state index contributed by atoms with van der Waals surface area (Å²) in [5.74, 6) is -0.180. The number of rotatable bonds is 3. The van der Waals surface area contributed by atoms with Crippen molar-refractivity contribution in [3.63, 3.8) is 0 Å². The van der Waals surface area contributed by atoms with Crippen molar-refractivity contribution in [3.8, 4) is 5.75 Å². The smallest absolute Gasteiger partial charge is 0.231 e. The Morgan fingerprint density at radius 2 is 1.95 bits per heavy atom. The molecule has 0 radical (unpaired) electrons. The Balaban J connectivity index is 2.15. The summed E-state index contributed by atoms with van der Waals surface area (Å²) < 4.78 is 24.5. The first kappa shape index (κ1) is 13.4. The van der Waals surface area contributed by atoms with Crippen molar-refractivity contribution in [2.24, 2.45) is 0 Å². The molecule has 0 N–H and O–H groups in total. The largest absolute Gasteiger partial charge is 0.497 e. The maximum absolute atomic E-state index is 13.7. The first-order valence-corrected chi connectivity index (χ1v) is 6.48. The summed E-state index contributed by atoms with van der Waals surface area (Å²) in [5.41, 5.74) is 1.26. The van der Waals surface area contributed by atoms with Gasteiger partial charge in [-0.15, -0.1) is 0 Å². The number of carbonyl (C=O) groups excluding carboxylic acids is 1. The van der Waals surface area contributed by atoms with Crippen LogP contribution in [0.3, 0.4) is 0 Å². The molecule has 0 aliphatic heterocycles. The monoisotopic (exact) mass is 284 g/mol. The zero-order valence-electron chi connectivity index (χ0n) is 11.6. The van der Waals surface area contributed by atoms with Crippen LogP contribution in [0.1, 0.15) is 21.7 Å². The molecule has 0 amide bonds. The summed E-state index contributed by atoms with van der Waals surface area (Å²) in [6, 6.07) is 11.2. The number of furan rings is 1. The third-order valence-corrected chi connectivity index (χ3v) is 3.47. The maximum Gasteiger partial charge on any atom is 0.231 e. The van der Waals surface area contributed by atoms with Gasteiger partial charge in [0.15, 0.2) is 5.76 Å². The first-order chi connectivity index (χ1) is 10.1. The summed E-state index contributed by atoms with van der Waals surface area (Å²) in [4.78, 5) is 12.4. The van der Waals surface area contributed by atoms with Gasteiger partial charge in [0.1, 0.15) is 17.1 Å². The molecule has 0 saturated heterocycles. The van der Waals surface area contributed by atoms with Gasteiger partial charge in [0.25, 0.3) is 0 Å². The number of carbonyl (C=O) groups is 1. The Labute approximate surface area is 120 Å². The Morgan fingerprint density at radius 3 is 2.67 bits per heavy atom. The van der Waals surface area contributed by atoms with Crippen LogP contribution in [0.15, 0.2) is 46.9 Å². The van der Waals surface area contributed by atoms with Gasteiger partial charge >= 0.3 is 0 Å². The minimum atomic E-state index is -0.556. The fraction of sp³-hybridized carbons (Fsp3) is 0.118. The van der Waals surface area contributed by atoms with Crippen LogP contribution in [0, 0.1) is 12.7 Å². The second kappa shape index (κ2) is 5.05. The topological polar surface area (TPSA) is 39.4 Å². The lowest BCUT2D eigenvalue weighted by atomic mass is 10.0. The molecule has 0 atom stereocenters. The fourth-order valence-electron chi connectivity index (χ4n) is 2.31. The predicted octanol–water partition coefficient (Wildman–Crippen LogP) is 4.12. The second-order valence-corrected chi connectivity index (χ2v) is 4.73. The molecule has 0 bridgehead atoms. The van der Waals surface area contributed by atoms with Crippen molar-refractivity contribution >= 4 is 16.8 Å². The van der Waals surface area contributed by atoms with Crippen molar-refractivity contribution in [2.75, 3.05) is 7.11 Å². The molecule has 3 nitrogen and oxygen atoms in total. The lowest BCUT2D eigenvalue weighted by molar-refractivity contribution is 0.101. The number of fused-ring (bicyclic) bond motifs is 1. The summed E-state index contributed by atoms with van der Waals surface area (Å²) in [6.07, 6.45) is 0. The highest BCUT2D eigenvalue weighted by Gasteiger charge is 2.21. The number of methoxy groups -OCH3 is 1. The van der Waals surface area contributed by atoms with Crippen LogP contribution in [-0.4, -0.2) is 12.9 Å². The molecular weight excluding hydrogens is 271 g/mol. The van der Waals surface area contributed by atoms with Crippen LogP contribution in [0.5, 0.6) is 5.75 Å². The fourth-order valence-corrected chi connectivity index (χ4v) is 2.31. The number of benzene rings is 2. The van der Waals surface area contributed by atoms with Gasteiger partial charge in [-0.1, -0.05) is 12.1 Å². The maximum atomic E-state index is 13.7. The van der Waals surface area contributed by atoms with Crippen LogP contribution < -0.4 is 4.74 Å². The molecule has 2 aromatic carbocycles. The average Bonchev–Trinajstić information content (AvgIpc) is 2.83. The van der Waals surface area contributed by atoms with Crippen molar-refractivity contribution in [1.82, 2.24) is 0 Å². The molecule has 3 rings (SSSR count). The number of hydrogen-bond donors (Lipinski definition) is 0. The number of aryl methyl sites for hydroxylation is 1. The molecule has 0 spiro atoms. The minimum absolute atomic E-state index is 0.00613. The molecule has 0 aliphatic rings. The lowest BCUT2D eigenvalue weighted by Gasteiger charge is -2.00. The Kier molecular flexibility index (Phi) is 3.22. The van der Waals surface area contributed by atoms with Crippen LogP contribution >= 0.6 is 0 Å². The van der Waals surface area contributed by atoms with E-state index in [1.807, 2.05) is 0 Å². The van der Waals surface area contributed by atoms with Gasteiger partial charge in [0.2, 0.25) is 5.78 Å². The van der Waals surface area contributed by atoms with Gasteiger partial charge in [-0.25, -0.2) is 4.39 Å². The van der Waals surface area contributed by atoms with E-state index in [2.05, 4.69) is 0 Å². The van der Waals surface area contributed by atoms with Crippen molar-refractivity contribution in [3.05, 3.63) is 65.2 Å². The molecule has 106 valence electrons. The van der Waals surface area contributed by atoms with Gasteiger partial charge in [0.05, 0.1) is 12.7 Å². The predicted molar refractivity (Wildman–Crippen MR) is 77.3 cm³/mol. The van der Waals surface area contributed by atoms with Crippen molar-refractivity contribution in [1.29, 1.82) is 0 Å². The highest BCUT2D eigenvalue weighted by atomic mass is 19.1. The third-order valence-electron chi connectivity index (χ3n) is 3.47. The van der Waals surface area contributed by atoms with Gasteiger partial charge in [-0.05, 0) is 37.3 Å². The quantitative estimate of drug-likeness (QED) is 0.679. The van der Waals surface area contributed by atoms with E-state index in [1.54, 1.807) is 44.4 Å². The summed E-state index contributed by atoms with van der Waals surface area (Å²) in [6.45, 7) is 1.78. The van der Waals surface area contributed by atoms with Crippen LogP contribution in [0.25, 0.3) is 11.0 Å². The molecule has 21 heavy (non-hydrogen) atoms. The van der Waals surface area contributed by atoms with E-state index in [-0.39, 0.29) is 11.3 Å². The molecule has 0 aliphatic carbocycles. The summed E-state index contributed by atoms with van der Waals surface area (Å²) in [7, 11) is 1.57. The van der Waals surface area contributed by atoms with Crippen LogP contribution in [0.4, 0.5) is 4.39 Å². The molecule has 4 heteroatoms. The van der Waals surface area contributed by atoms with Crippen molar-refractivity contribution < 1.29 is 18.3 Å². The molecule has 0 unspecified atom stereocenters. The Morgan fingerprint density at radius 1 is 1.19 bits per heavy atom. The molecular formula is C17H13FO3. The Bertz CT molecular complexity index is 833. The van der Waals surface area contributed by atoms with Gasteiger partial charge in [0, 0.05) is 10.9 Å². The van der Waals surface area contributed by atoms with Crippen LogP contribution in [0.2, 0.25) is 0 Å². The third kappa shape index (κ3) is 2.18. The lowest BCUT2D eigenvalue weighted by Crippen LogP contribution is -2.04. The molecule has 1 heterocycles. The molecule has 0 fully saturated rings. The Hall–Kier alpha value is -2.62. The summed E-state index contributed by atoms with van der Waals surface area (Å²) >= 11 is 0. The van der Waals surface area contributed by atoms with E-state index in [4.69, 9.17) is 9.15 Å². The van der Waals surface area contributed by atoms with Crippen molar-refractivity contribution in [2.45, 2.75) is 6.92 Å². The second-order valence-electron chi connectivity index (χ2n) is 4.73.